The van der Waals surface area contributed by atoms with Crippen LogP contribution >= 0.6 is 0 Å². The highest BCUT2D eigenvalue weighted by molar-refractivity contribution is 5.99. The van der Waals surface area contributed by atoms with E-state index < -0.39 is 5.41 Å². The Balaban J connectivity index is 1.71. The van der Waals surface area contributed by atoms with Crippen LogP contribution in [0.1, 0.15) is 70.6 Å². The van der Waals surface area contributed by atoms with Crippen molar-refractivity contribution in [2.45, 2.75) is 66.7 Å². The minimum absolute atomic E-state index is 0.0185. The van der Waals surface area contributed by atoms with E-state index >= 15 is 0 Å². The largest absolute Gasteiger partial charge is 0.326 e. The van der Waals surface area contributed by atoms with Gasteiger partial charge in [-0.1, -0.05) is 58.9 Å². The van der Waals surface area contributed by atoms with Gasteiger partial charge >= 0.3 is 0 Å². The number of hydrogen-bond acceptors (Lipinski definition) is 2. The minimum Gasteiger partial charge on any atom is -0.326 e. The molecule has 0 aromatic heterocycles. The summed E-state index contributed by atoms with van der Waals surface area (Å²) >= 11 is 0. The van der Waals surface area contributed by atoms with Crippen LogP contribution in [0.2, 0.25) is 0 Å². The molecule has 166 valence electrons. The SMILES string of the molecule is CC(C)Cc1ccc([C@H](C)C(=O)Nc2ccc3c(c2)CCCN3C(=O)C(C)(C)C)cc1. The topological polar surface area (TPSA) is 49.4 Å². The van der Waals surface area contributed by atoms with Crippen LogP contribution in [0.3, 0.4) is 0 Å². The number of nitrogens with zero attached hydrogens (tertiary/aromatic N) is 1. The van der Waals surface area contributed by atoms with E-state index in [4.69, 9.17) is 0 Å². The molecule has 0 unspecified atom stereocenters. The van der Waals surface area contributed by atoms with Crippen LogP contribution in [0.4, 0.5) is 11.4 Å². The molecule has 0 bridgehead atoms. The molecular formula is C27H36N2O2. The molecule has 1 N–H and O–H groups in total. The third kappa shape index (κ3) is 5.55. The number of carbonyl (C=O) groups is 2. The average Bonchev–Trinajstić information content (AvgIpc) is 2.71. The molecular weight excluding hydrogens is 384 g/mol. The number of aryl methyl sites for hydroxylation is 1. The van der Waals surface area contributed by atoms with Crippen molar-refractivity contribution in [2.24, 2.45) is 11.3 Å². The lowest BCUT2D eigenvalue weighted by Gasteiger charge is -2.34. The van der Waals surface area contributed by atoms with E-state index in [1.165, 1.54) is 5.56 Å². The summed E-state index contributed by atoms with van der Waals surface area (Å²) in [6.07, 6.45) is 2.90. The van der Waals surface area contributed by atoms with E-state index in [9.17, 15) is 9.59 Å². The first-order valence-corrected chi connectivity index (χ1v) is 11.4. The van der Waals surface area contributed by atoms with Crippen molar-refractivity contribution in [3.63, 3.8) is 0 Å². The fraction of sp³-hybridized carbons (Fsp3) is 0.481. The second-order valence-electron chi connectivity index (χ2n) is 10.2. The first kappa shape index (κ1) is 23.1. The lowest BCUT2D eigenvalue weighted by molar-refractivity contribution is -0.125. The van der Waals surface area contributed by atoms with Gasteiger partial charge in [-0.25, -0.2) is 0 Å². The molecule has 3 rings (SSSR count). The van der Waals surface area contributed by atoms with Gasteiger partial charge in [0.15, 0.2) is 0 Å². The monoisotopic (exact) mass is 420 g/mol. The third-order valence-electron chi connectivity index (χ3n) is 5.87. The van der Waals surface area contributed by atoms with E-state index in [-0.39, 0.29) is 17.7 Å². The Bertz CT molecular complexity index is 939. The molecule has 0 spiro atoms. The Morgan fingerprint density at radius 1 is 1.03 bits per heavy atom. The molecule has 0 saturated carbocycles. The Labute approximate surface area is 187 Å². The van der Waals surface area contributed by atoms with Gasteiger partial charge in [0.1, 0.15) is 0 Å². The highest BCUT2D eigenvalue weighted by atomic mass is 16.2. The van der Waals surface area contributed by atoms with Crippen LogP contribution in [0.5, 0.6) is 0 Å². The highest BCUT2D eigenvalue weighted by Gasteiger charge is 2.31. The van der Waals surface area contributed by atoms with Crippen LogP contribution in [0.25, 0.3) is 0 Å². The fourth-order valence-electron chi connectivity index (χ4n) is 4.11. The summed E-state index contributed by atoms with van der Waals surface area (Å²) in [5.74, 6) is 0.503. The van der Waals surface area contributed by atoms with Gasteiger partial charge in [-0.05, 0) is 67.0 Å². The maximum absolute atomic E-state index is 12.9. The fourth-order valence-corrected chi connectivity index (χ4v) is 4.11. The van der Waals surface area contributed by atoms with Gasteiger partial charge in [-0.15, -0.1) is 0 Å². The van der Waals surface area contributed by atoms with E-state index in [2.05, 4.69) is 43.4 Å². The van der Waals surface area contributed by atoms with Gasteiger partial charge < -0.3 is 10.2 Å². The zero-order valence-electron chi connectivity index (χ0n) is 19.8. The highest BCUT2D eigenvalue weighted by Crippen LogP contribution is 2.33. The molecule has 1 aliphatic rings. The average molecular weight is 421 g/mol. The van der Waals surface area contributed by atoms with Crippen molar-refractivity contribution in [2.75, 3.05) is 16.8 Å². The number of anilines is 2. The predicted octanol–water partition coefficient (Wildman–Crippen LogP) is 5.95. The second-order valence-corrected chi connectivity index (χ2v) is 10.2. The van der Waals surface area contributed by atoms with Crippen LogP contribution in [0.15, 0.2) is 42.5 Å². The van der Waals surface area contributed by atoms with Crippen molar-refractivity contribution in [3.8, 4) is 0 Å². The molecule has 1 heterocycles. The van der Waals surface area contributed by atoms with Crippen LogP contribution in [0, 0.1) is 11.3 Å². The van der Waals surface area contributed by atoms with Gasteiger partial charge in [-0.3, -0.25) is 9.59 Å². The Morgan fingerprint density at radius 2 is 1.71 bits per heavy atom. The zero-order valence-corrected chi connectivity index (χ0v) is 19.8. The minimum atomic E-state index is -0.415. The molecule has 2 aromatic rings. The number of fused-ring (bicyclic) bond motifs is 1. The normalized spacial score (nSPS) is 14.9. The van der Waals surface area contributed by atoms with E-state index in [0.717, 1.165) is 48.3 Å². The number of amides is 2. The molecule has 2 amide bonds. The van der Waals surface area contributed by atoms with Gasteiger partial charge in [0.2, 0.25) is 11.8 Å². The Kier molecular flexibility index (Phi) is 6.88. The summed E-state index contributed by atoms with van der Waals surface area (Å²) in [6, 6.07) is 14.3. The maximum atomic E-state index is 12.9. The molecule has 1 aliphatic heterocycles. The second kappa shape index (κ2) is 9.25. The molecule has 4 nitrogen and oxygen atoms in total. The van der Waals surface area contributed by atoms with Crippen molar-refractivity contribution in [1.29, 1.82) is 0 Å². The maximum Gasteiger partial charge on any atom is 0.232 e. The van der Waals surface area contributed by atoms with E-state index in [1.807, 2.05) is 50.8 Å². The number of nitrogens with one attached hydrogen (secondary N) is 1. The Hall–Kier alpha value is -2.62. The van der Waals surface area contributed by atoms with Crippen molar-refractivity contribution >= 4 is 23.2 Å². The number of hydrogen-bond donors (Lipinski definition) is 1. The molecule has 0 saturated heterocycles. The standard InChI is InChI=1S/C27H36N2O2/c1-18(2)16-20-9-11-21(12-10-20)19(3)25(30)28-23-13-14-24-22(17-23)8-7-15-29(24)26(31)27(4,5)6/h9-14,17-19H,7-8,15-16H2,1-6H3,(H,28,30)/t19-/m0/s1. The van der Waals surface area contributed by atoms with Crippen molar-refractivity contribution in [1.82, 2.24) is 0 Å². The number of carbonyl (C=O) groups excluding carboxylic acids is 2. The summed E-state index contributed by atoms with van der Waals surface area (Å²) in [5.41, 5.74) is 4.78. The molecule has 0 radical (unpaired) electrons. The zero-order chi connectivity index (χ0) is 22.8. The van der Waals surface area contributed by atoms with Crippen LogP contribution in [-0.4, -0.2) is 18.4 Å². The molecule has 1 atom stereocenters. The first-order valence-electron chi connectivity index (χ1n) is 11.4. The van der Waals surface area contributed by atoms with Crippen molar-refractivity contribution in [3.05, 3.63) is 59.2 Å². The predicted molar refractivity (Wildman–Crippen MR) is 129 cm³/mol. The van der Waals surface area contributed by atoms with Crippen LogP contribution < -0.4 is 10.2 Å². The van der Waals surface area contributed by atoms with E-state index in [0.29, 0.717) is 5.92 Å². The van der Waals surface area contributed by atoms with Crippen molar-refractivity contribution < 1.29 is 9.59 Å². The smallest absolute Gasteiger partial charge is 0.232 e. The summed E-state index contributed by atoms with van der Waals surface area (Å²) in [6.45, 7) is 13.0. The van der Waals surface area contributed by atoms with Gasteiger partial charge in [0.05, 0.1) is 5.92 Å². The quantitative estimate of drug-likeness (QED) is 0.649. The lowest BCUT2D eigenvalue weighted by atomic mass is 9.92. The molecule has 31 heavy (non-hydrogen) atoms. The van der Waals surface area contributed by atoms with Gasteiger partial charge in [-0.2, -0.15) is 0 Å². The molecule has 0 aliphatic carbocycles. The summed E-state index contributed by atoms with van der Waals surface area (Å²) in [7, 11) is 0. The van der Waals surface area contributed by atoms with Crippen LogP contribution in [-0.2, 0) is 22.4 Å². The lowest BCUT2D eigenvalue weighted by Crippen LogP contribution is -2.42. The summed E-state index contributed by atoms with van der Waals surface area (Å²) < 4.78 is 0. The Morgan fingerprint density at radius 3 is 2.32 bits per heavy atom. The molecule has 4 heteroatoms. The number of rotatable bonds is 5. The first-order chi connectivity index (χ1) is 14.6. The number of benzene rings is 2. The van der Waals surface area contributed by atoms with E-state index in [1.54, 1.807) is 0 Å². The molecule has 2 aromatic carbocycles. The summed E-state index contributed by atoms with van der Waals surface area (Å²) in [4.78, 5) is 27.6. The third-order valence-corrected chi connectivity index (χ3v) is 5.87. The molecule has 0 fully saturated rings. The van der Waals surface area contributed by atoms with Gasteiger partial charge in [0, 0.05) is 23.3 Å². The summed E-state index contributed by atoms with van der Waals surface area (Å²) in [5, 5.41) is 3.07. The van der Waals surface area contributed by atoms with Gasteiger partial charge in [0.25, 0.3) is 0 Å².